The van der Waals surface area contributed by atoms with E-state index in [1.807, 2.05) is 0 Å². The summed E-state index contributed by atoms with van der Waals surface area (Å²) in [6.45, 7) is 11.7. The molecule has 0 saturated carbocycles. The van der Waals surface area contributed by atoms with E-state index < -0.39 is 0 Å². The van der Waals surface area contributed by atoms with Crippen LogP contribution in [0.25, 0.3) is 0 Å². The summed E-state index contributed by atoms with van der Waals surface area (Å²) < 4.78 is 1.20. The van der Waals surface area contributed by atoms with Crippen LogP contribution in [0.3, 0.4) is 0 Å². The molecular formula is C13H25I3N2. The summed E-state index contributed by atoms with van der Waals surface area (Å²) in [6, 6.07) is 10.8. The van der Waals surface area contributed by atoms with E-state index in [0.717, 1.165) is 0 Å². The van der Waals surface area contributed by atoms with E-state index in [-0.39, 0.29) is 6.15 Å². The van der Waals surface area contributed by atoms with Crippen LogP contribution in [0, 0.1) is 0 Å². The molecule has 0 radical (unpaired) electrons. The molecule has 0 bridgehead atoms. The predicted octanol–water partition coefficient (Wildman–Crippen LogP) is 2.00. The second-order valence-electron chi connectivity index (χ2n) is 3.99. The van der Waals surface area contributed by atoms with Crippen molar-refractivity contribution in [1.29, 1.82) is 0 Å². The van der Waals surface area contributed by atoms with E-state index in [1.165, 1.54) is 36.2 Å². The van der Waals surface area contributed by atoms with Crippen molar-refractivity contribution in [2.75, 3.05) is 19.6 Å². The van der Waals surface area contributed by atoms with E-state index in [0.29, 0.717) is 13.3 Å². The zero-order valence-electron chi connectivity index (χ0n) is 11.5. The predicted molar refractivity (Wildman–Crippen MR) is 95.1 cm³/mol. The van der Waals surface area contributed by atoms with Gasteiger partial charge in [0.25, 0.3) is 0 Å². The zero-order chi connectivity index (χ0) is 13.1. The molecular weight excluding hydrogens is 565 g/mol. The first-order valence-corrected chi connectivity index (χ1v) is 18.5. The standard InChI is InChI=1S/C13H22N.I3.H3N/c1-4-14(5-2,6-3)12-13-10-8-7-9-11-13;1-3-2;/h7-11H,4-6,12H2,1-3H3;;1H3/q+1;-1;. The SMILES string of the molecule is CC[N+](CC)(CC)Cc1ccccc1.I[I-]I.N. The molecule has 0 aliphatic carbocycles. The van der Waals surface area contributed by atoms with Crippen LogP contribution in [0.4, 0.5) is 0 Å². The minimum Gasteiger partial charge on any atom is -0.344 e. The maximum absolute atomic E-state index is 2.39. The summed E-state index contributed by atoms with van der Waals surface area (Å²) in [6.07, 6.45) is 0. The van der Waals surface area contributed by atoms with Gasteiger partial charge in [-0.15, -0.1) is 0 Å². The second kappa shape index (κ2) is 13.3. The second-order valence-corrected chi connectivity index (χ2v) is 20.2. The molecule has 0 aliphatic rings. The van der Waals surface area contributed by atoms with Crippen molar-refractivity contribution in [2.45, 2.75) is 27.3 Å². The Morgan fingerprint density at radius 1 is 0.944 bits per heavy atom. The fraction of sp³-hybridized carbons (Fsp3) is 0.538. The maximum atomic E-state index is 2.39. The molecule has 18 heavy (non-hydrogen) atoms. The van der Waals surface area contributed by atoms with Gasteiger partial charge in [0.1, 0.15) is 6.54 Å². The number of hydrogen-bond donors (Lipinski definition) is 1. The number of quaternary nitrogens is 1. The van der Waals surface area contributed by atoms with Gasteiger partial charge in [-0.25, -0.2) is 0 Å². The zero-order valence-corrected chi connectivity index (χ0v) is 18.0. The fourth-order valence-corrected chi connectivity index (χ4v) is 1.98. The Morgan fingerprint density at radius 2 is 1.33 bits per heavy atom. The molecule has 5 heteroatoms. The van der Waals surface area contributed by atoms with Crippen LogP contribution >= 0.6 is 37.2 Å². The van der Waals surface area contributed by atoms with Crippen LogP contribution in [0.2, 0.25) is 0 Å². The Bertz CT molecular complexity index is 269. The number of rotatable bonds is 5. The van der Waals surface area contributed by atoms with Crippen LogP contribution in [-0.4, -0.2) is 24.1 Å². The van der Waals surface area contributed by atoms with E-state index in [2.05, 4.69) is 88.3 Å². The smallest absolute Gasteiger partial charge is 0.344 e. The Kier molecular flexibility index (Phi) is 16.0. The van der Waals surface area contributed by atoms with Gasteiger partial charge in [0.15, 0.2) is 0 Å². The third-order valence-corrected chi connectivity index (χ3v) is 3.37. The van der Waals surface area contributed by atoms with Crippen molar-refractivity contribution in [3.05, 3.63) is 35.9 Å². The summed E-state index contributed by atoms with van der Waals surface area (Å²) in [5.41, 5.74) is 1.46. The van der Waals surface area contributed by atoms with Gasteiger partial charge in [0.2, 0.25) is 0 Å². The summed E-state index contributed by atoms with van der Waals surface area (Å²) >= 11 is 5.30. The molecule has 108 valence electrons. The summed E-state index contributed by atoms with van der Waals surface area (Å²) in [5, 5.41) is 0. The molecule has 1 aromatic rings. The van der Waals surface area contributed by atoms with Crippen LogP contribution in [0.5, 0.6) is 0 Å². The van der Waals surface area contributed by atoms with Gasteiger partial charge in [-0.2, -0.15) is 0 Å². The molecule has 1 rings (SSSR count). The van der Waals surface area contributed by atoms with E-state index in [4.69, 9.17) is 0 Å². The topological polar surface area (TPSA) is 35.0 Å². The number of benzene rings is 1. The maximum Gasteiger partial charge on any atom is -0.344 e. The Balaban J connectivity index is 0. The van der Waals surface area contributed by atoms with Crippen molar-refractivity contribution in [2.24, 2.45) is 0 Å². The molecule has 1 aromatic carbocycles. The largest absolute Gasteiger partial charge is 0.344 e. The molecule has 0 aliphatic heterocycles. The molecule has 3 N–H and O–H groups in total. The number of hydrogen-bond acceptors (Lipinski definition) is 1. The fourth-order valence-electron chi connectivity index (χ4n) is 1.98. The molecule has 2 nitrogen and oxygen atoms in total. The minimum atomic E-state index is 0. The Hall–Kier alpha value is 1.33. The summed E-state index contributed by atoms with van der Waals surface area (Å²) in [7, 11) is 0. The van der Waals surface area contributed by atoms with Crippen LogP contribution in [0.1, 0.15) is 26.3 Å². The van der Waals surface area contributed by atoms with Crippen molar-refractivity contribution in [3.8, 4) is 0 Å². The summed E-state index contributed by atoms with van der Waals surface area (Å²) in [4.78, 5) is 0. The molecule has 0 saturated heterocycles. The van der Waals surface area contributed by atoms with Crippen LogP contribution in [0.15, 0.2) is 30.3 Å². The van der Waals surface area contributed by atoms with Gasteiger partial charge in [-0.05, 0) is 20.8 Å². The molecule has 0 heterocycles. The monoisotopic (exact) mass is 590 g/mol. The third kappa shape index (κ3) is 8.49. The van der Waals surface area contributed by atoms with E-state index in [9.17, 15) is 0 Å². The van der Waals surface area contributed by atoms with E-state index >= 15 is 0 Å². The van der Waals surface area contributed by atoms with Crippen LogP contribution in [-0.2, 0) is 6.54 Å². The average Bonchev–Trinajstić information content (AvgIpc) is 2.38. The van der Waals surface area contributed by atoms with Gasteiger partial charge in [0, 0.05) is 5.56 Å². The molecule has 0 amide bonds. The van der Waals surface area contributed by atoms with E-state index in [1.54, 1.807) is 0 Å². The van der Waals surface area contributed by atoms with Gasteiger partial charge in [-0.3, -0.25) is 0 Å². The quantitative estimate of drug-likeness (QED) is 0.414. The Labute approximate surface area is 142 Å². The van der Waals surface area contributed by atoms with Crippen molar-refractivity contribution >= 4 is 37.2 Å². The van der Waals surface area contributed by atoms with Gasteiger partial charge < -0.3 is 10.6 Å². The third-order valence-electron chi connectivity index (χ3n) is 3.37. The summed E-state index contributed by atoms with van der Waals surface area (Å²) in [5.74, 6) is 0. The normalized spacial score (nSPS) is 10.3. The Morgan fingerprint density at radius 3 is 1.67 bits per heavy atom. The minimum absolute atomic E-state index is 0. The van der Waals surface area contributed by atoms with Crippen molar-refractivity contribution in [3.63, 3.8) is 0 Å². The molecule has 0 fully saturated rings. The van der Waals surface area contributed by atoms with Crippen LogP contribution < -0.4 is 19.4 Å². The van der Waals surface area contributed by atoms with Gasteiger partial charge in [0.05, 0.1) is 19.6 Å². The number of nitrogens with zero attached hydrogens (tertiary/aromatic N) is 1. The molecule has 0 unspecified atom stereocenters. The first-order valence-electron chi connectivity index (χ1n) is 5.94. The van der Waals surface area contributed by atoms with Gasteiger partial charge >= 0.3 is 50.5 Å². The van der Waals surface area contributed by atoms with Crippen molar-refractivity contribution in [1.82, 2.24) is 6.15 Å². The first-order chi connectivity index (χ1) is 8.17. The number of halogens is 3. The van der Waals surface area contributed by atoms with Gasteiger partial charge in [-0.1, -0.05) is 30.3 Å². The molecule has 0 aromatic heterocycles. The first kappa shape index (κ1) is 21.6. The molecule has 0 spiro atoms. The molecule has 0 atom stereocenters. The average molecular weight is 590 g/mol. The van der Waals surface area contributed by atoms with Crippen molar-refractivity contribution < 1.29 is 17.7 Å².